The fourth-order valence-corrected chi connectivity index (χ4v) is 3.38. The molecule has 0 aliphatic carbocycles. The van der Waals surface area contributed by atoms with Gasteiger partial charge in [-0.05, 0) is 35.5 Å². The van der Waals surface area contributed by atoms with Crippen LogP contribution in [-0.2, 0) is 4.79 Å². The molecule has 0 saturated carbocycles. The second-order valence-electron chi connectivity index (χ2n) is 5.31. The lowest BCUT2D eigenvalue weighted by atomic mass is 10.2. The van der Waals surface area contributed by atoms with E-state index in [9.17, 15) is 4.79 Å². The highest BCUT2D eigenvalue weighted by molar-refractivity contribution is 8.18. The summed E-state index contributed by atoms with van der Waals surface area (Å²) in [6.45, 7) is 4.09. The molecule has 0 atom stereocenters. The number of nitrogens with zero attached hydrogens (tertiary/aromatic N) is 3. The van der Waals surface area contributed by atoms with E-state index in [0.717, 1.165) is 5.56 Å². The lowest BCUT2D eigenvalue weighted by Gasteiger charge is -2.12. The Bertz CT molecular complexity index is 906. The first-order chi connectivity index (χ1) is 12.7. The summed E-state index contributed by atoms with van der Waals surface area (Å²) in [6.07, 6.45) is 8.87. The first-order valence-corrected chi connectivity index (χ1v) is 9.11. The summed E-state index contributed by atoms with van der Waals surface area (Å²) < 4.78 is 0. The predicted molar refractivity (Wildman–Crippen MR) is 109 cm³/mol. The van der Waals surface area contributed by atoms with E-state index in [4.69, 9.17) is 11.6 Å². The molecule has 1 aromatic carbocycles. The molecule has 1 aromatic heterocycles. The molecule has 0 spiro atoms. The van der Waals surface area contributed by atoms with Crippen LogP contribution < -0.4 is 0 Å². The number of allylic oxidation sites excluding steroid dienone is 2. The summed E-state index contributed by atoms with van der Waals surface area (Å²) in [4.78, 5) is 23.3. The van der Waals surface area contributed by atoms with Crippen LogP contribution in [0.3, 0.4) is 0 Å². The number of amidine groups is 1. The number of pyridine rings is 1. The summed E-state index contributed by atoms with van der Waals surface area (Å²) >= 11 is 7.38. The van der Waals surface area contributed by atoms with Gasteiger partial charge in [0.05, 0.1) is 4.91 Å². The summed E-state index contributed by atoms with van der Waals surface area (Å²) in [5, 5.41) is 0.858. The van der Waals surface area contributed by atoms with Gasteiger partial charge < -0.3 is 0 Å². The molecular formula is C20H16ClN3OS. The van der Waals surface area contributed by atoms with Crippen molar-refractivity contribution in [2.75, 3.05) is 6.54 Å². The third kappa shape index (κ3) is 4.31. The van der Waals surface area contributed by atoms with Gasteiger partial charge in [0.2, 0.25) is 0 Å². The lowest BCUT2D eigenvalue weighted by Crippen LogP contribution is -2.29. The average Bonchev–Trinajstić information content (AvgIpc) is 2.94. The number of hydrogen-bond acceptors (Lipinski definition) is 4. The highest BCUT2D eigenvalue weighted by Gasteiger charge is 2.32. The van der Waals surface area contributed by atoms with Crippen LogP contribution in [0.15, 0.2) is 83.4 Å². The molecule has 130 valence electrons. The Hall–Kier alpha value is -2.63. The van der Waals surface area contributed by atoms with E-state index >= 15 is 0 Å². The van der Waals surface area contributed by atoms with Crippen molar-refractivity contribution in [1.82, 2.24) is 9.88 Å². The highest BCUT2D eigenvalue weighted by atomic mass is 35.5. The molecule has 1 amide bonds. The third-order valence-electron chi connectivity index (χ3n) is 3.49. The van der Waals surface area contributed by atoms with Crippen molar-refractivity contribution in [3.05, 3.63) is 89.1 Å². The maximum atomic E-state index is 12.6. The van der Waals surface area contributed by atoms with Gasteiger partial charge >= 0.3 is 0 Å². The van der Waals surface area contributed by atoms with Crippen molar-refractivity contribution in [2.24, 2.45) is 4.99 Å². The molecule has 6 heteroatoms. The Morgan fingerprint density at radius 3 is 2.77 bits per heavy atom. The van der Waals surface area contributed by atoms with Crippen molar-refractivity contribution < 1.29 is 4.79 Å². The van der Waals surface area contributed by atoms with E-state index in [1.165, 1.54) is 11.8 Å². The molecule has 0 radical (unpaired) electrons. The van der Waals surface area contributed by atoms with Gasteiger partial charge in [0.15, 0.2) is 10.3 Å². The Morgan fingerprint density at radius 2 is 2.04 bits per heavy atom. The van der Waals surface area contributed by atoms with E-state index in [0.29, 0.717) is 27.5 Å². The number of halogens is 1. The van der Waals surface area contributed by atoms with E-state index in [-0.39, 0.29) is 5.91 Å². The molecule has 3 rings (SSSR count). The second kappa shape index (κ2) is 8.65. The number of carbonyl (C=O) groups is 1. The predicted octanol–water partition coefficient (Wildman–Crippen LogP) is 5.08. The normalized spacial score (nSPS) is 17.6. The van der Waals surface area contributed by atoms with Crippen LogP contribution in [0.5, 0.6) is 0 Å². The largest absolute Gasteiger partial charge is 0.283 e. The van der Waals surface area contributed by atoms with Gasteiger partial charge in [-0.15, -0.1) is 6.58 Å². The number of aromatic nitrogens is 1. The van der Waals surface area contributed by atoms with E-state index in [1.807, 2.05) is 42.5 Å². The molecule has 4 nitrogen and oxygen atoms in total. The molecule has 1 fully saturated rings. The summed E-state index contributed by atoms with van der Waals surface area (Å²) in [6, 6.07) is 13.4. The monoisotopic (exact) mass is 381 g/mol. The van der Waals surface area contributed by atoms with Crippen LogP contribution in [0, 0.1) is 0 Å². The first-order valence-electron chi connectivity index (χ1n) is 7.92. The van der Waals surface area contributed by atoms with Crippen LogP contribution in [0.25, 0.3) is 6.08 Å². The zero-order chi connectivity index (χ0) is 18.4. The molecule has 1 saturated heterocycles. The molecular weight excluding hydrogens is 366 g/mol. The topological polar surface area (TPSA) is 45.6 Å². The Balaban J connectivity index is 1.86. The molecule has 0 unspecified atom stereocenters. The molecule has 2 heterocycles. The Labute approximate surface area is 161 Å². The zero-order valence-electron chi connectivity index (χ0n) is 13.9. The van der Waals surface area contributed by atoms with E-state index in [2.05, 4.69) is 16.6 Å². The summed E-state index contributed by atoms with van der Waals surface area (Å²) in [5.74, 6) is -0.105. The van der Waals surface area contributed by atoms with Crippen LogP contribution in [0.2, 0.25) is 5.15 Å². The number of amides is 1. The maximum Gasteiger partial charge on any atom is 0.267 e. The van der Waals surface area contributed by atoms with Crippen molar-refractivity contribution in [1.29, 1.82) is 0 Å². The Morgan fingerprint density at radius 1 is 1.23 bits per heavy atom. The number of carbonyl (C=O) groups excluding carboxylic acids is 1. The van der Waals surface area contributed by atoms with Crippen molar-refractivity contribution >= 4 is 46.2 Å². The SMILES string of the molecule is C=CCN1C(=O)/C(=C/C=C/c2ccccc2)SC1=Nc1cccnc1Cl. The molecule has 26 heavy (non-hydrogen) atoms. The Kier molecular flexibility index (Phi) is 6.04. The average molecular weight is 382 g/mol. The lowest BCUT2D eigenvalue weighted by molar-refractivity contribution is -0.121. The minimum Gasteiger partial charge on any atom is -0.283 e. The number of hydrogen-bond donors (Lipinski definition) is 0. The summed E-state index contributed by atoms with van der Waals surface area (Å²) in [5.41, 5.74) is 1.60. The number of benzene rings is 1. The molecule has 0 N–H and O–H groups in total. The second-order valence-corrected chi connectivity index (χ2v) is 6.68. The van der Waals surface area contributed by atoms with Crippen LogP contribution >= 0.6 is 23.4 Å². The van der Waals surface area contributed by atoms with Crippen molar-refractivity contribution in [3.63, 3.8) is 0 Å². The van der Waals surface area contributed by atoms with E-state index in [1.54, 1.807) is 35.4 Å². The van der Waals surface area contributed by atoms with Gasteiger partial charge in [-0.3, -0.25) is 9.69 Å². The first kappa shape index (κ1) is 18.2. The standard InChI is InChI=1S/C20H16ClN3OS/c1-2-14-24-19(25)17(12-6-10-15-8-4-3-5-9-15)26-20(24)23-16-11-7-13-22-18(16)21/h2-13H,1,14H2/b10-6+,17-12-,23-20?. The summed E-state index contributed by atoms with van der Waals surface area (Å²) in [7, 11) is 0. The highest BCUT2D eigenvalue weighted by Crippen LogP contribution is 2.34. The van der Waals surface area contributed by atoms with Gasteiger partial charge in [-0.2, -0.15) is 0 Å². The van der Waals surface area contributed by atoms with Gasteiger partial charge in [-0.1, -0.05) is 60.2 Å². The van der Waals surface area contributed by atoms with Crippen LogP contribution in [-0.4, -0.2) is 27.5 Å². The van der Waals surface area contributed by atoms with Gasteiger partial charge in [0, 0.05) is 12.7 Å². The number of rotatable bonds is 5. The van der Waals surface area contributed by atoms with Gasteiger partial charge in [-0.25, -0.2) is 9.98 Å². The molecule has 1 aliphatic heterocycles. The maximum absolute atomic E-state index is 12.6. The fourth-order valence-electron chi connectivity index (χ4n) is 2.27. The minimum atomic E-state index is -0.105. The number of aliphatic imine (C=N–C) groups is 1. The minimum absolute atomic E-state index is 0.105. The van der Waals surface area contributed by atoms with Crippen LogP contribution in [0.1, 0.15) is 5.56 Å². The molecule has 0 bridgehead atoms. The van der Waals surface area contributed by atoms with Crippen molar-refractivity contribution in [3.8, 4) is 0 Å². The smallest absolute Gasteiger partial charge is 0.267 e. The molecule has 1 aliphatic rings. The quantitative estimate of drug-likeness (QED) is 0.412. The third-order valence-corrected chi connectivity index (χ3v) is 4.81. The zero-order valence-corrected chi connectivity index (χ0v) is 15.5. The van der Waals surface area contributed by atoms with Crippen molar-refractivity contribution in [2.45, 2.75) is 0 Å². The molecule has 2 aromatic rings. The fraction of sp³-hybridized carbons (Fsp3) is 0.0500. The number of thioether (sulfide) groups is 1. The van der Waals surface area contributed by atoms with Gasteiger partial charge in [0.1, 0.15) is 5.69 Å². The van der Waals surface area contributed by atoms with Crippen LogP contribution in [0.4, 0.5) is 5.69 Å². The van der Waals surface area contributed by atoms with Gasteiger partial charge in [0.25, 0.3) is 5.91 Å². The van der Waals surface area contributed by atoms with E-state index < -0.39 is 0 Å².